The summed E-state index contributed by atoms with van der Waals surface area (Å²) >= 11 is 4.48. The van der Waals surface area contributed by atoms with Crippen molar-refractivity contribution in [1.29, 1.82) is 0 Å². The van der Waals surface area contributed by atoms with Crippen molar-refractivity contribution in [3.8, 4) is 5.75 Å². The summed E-state index contributed by atoms with van der Waals surface area (Å²) in [5.41, 5.74) is 3.45. The zero-order valence-corrected chi connectivity index (χ0v) is 33.5. The highest BCUT2D eigenvalue weighted by molar-refractivity contribution is 8.18. The molecule has 1 nitrogen and oxygen atoms in total. The van der Waals surface area contributed by atoms with E-state index in [9.17, 15) is 5.11 Å². The second-order valence-corrected chi connectivity index (χ2v) is 19.7. The SMILES string of the molecule is CCCCCCCCCCCCSC(C)(CCc1cc(C(C)(C)C)c(O)c(C(C)(C)C)c1)SCCCCCCCCCCCC. The van der Waals surface area contributed by atoms with Crippen LogP contribution in [0, 0.1) is 0 Å². The minimum atomic E-state index is -0.0715. The molecule has 0 heterocycles. The van der Waals surface area contributed by atoms with Gasteiger partial charge in [-0.25, -0.2) is 0 Å². The lowest BCUT2D eigenvalue weighted by molar-refractivity contribution is 0.422. The van der Waals surface area contributed by atoms with Gasteiger partial charge in [-0.05, 0) is 71.6 Å². The summed E-state index contributed by atoms with van der Waals surface area (Å²) in [6.45, 7) is 20.5. The summed E-state index contributed by atoms with van der Waals surface area (Å²) in [6.07, 6.45) is 30.4. The molecular weight excluding hydrogens is 585 g/mol. The topological polar surface area (TPSA) is 20.2 Å². The lowest BCUT2D eigenvalue weighted by Gasteiger charge is -2.31. The number of hydrogen-bond donors (Lipinski definition) is 1. The van der Waals surface area contributed by atoms with Gasteiger partial charge < -0.3 is 5.11 Å². The van der Waals surface area contributed by atoms with E-state index < -0.39 is 0 Å². The van der Waals surface area contributed by atoms with Gasteiger partial charge in [-0.1, -0.05) is 183 Å². The van der Waals surface area contributed by atoms with Crippen molar-refractivity contribution in [2.45, 2.75) is 218 Å². The highest BCUT2D eigenvalue weighted by Gasteiger charge is 2.29. The summed E-state index contributed by atoms with van der Waals surface area (Å²) < 4.78 is 0.250. The van der Waals surface area contributed by atoms with E-state index in [1.807, 2.05) is 0 Å². The van der Waals surface area contributed by atoms with E-state index in [0.717, 1.165) is 17.5 Å². The zero-order valence-electron chi connectivity index (χ0n) is 31.9. The standard InChI is InChI=1S/C42H78OS2/c1-10-12-14-16-18-20-22-24-26-28-32-44-42(9,45-33-29-27-25-23-21-19-17-15-13-11-2)31-30-36-34-37(40(3,4)5)39(43)38(35-36)41(6,7)8/h34-35,43H,10-33H2,1-9H3. The van der Waals surface area contributed by atoms with E-state index in [4.69, 9.17) is 0 Å². The largest absolute Gasteiger partial charge is 0.507 e. The molecule has 0 atom stereocenters. The number of aryl methyl sites for hydroxylation is 1. The molecule has 0 unspecified atom stereocenters. The van der Waals surface area contributed by atoms with Crippen molar-refractivity contribution in [2.75, 3.05) is 11.5 Å². The first kappa shape index (κ1) is 42.7. The Hall–Kier alpha value is -0.280. The van der Waals surface area contributed by atoms with Gasteiger partial charge in [-0.15, -0.1) is 23.5 Å². The summed E-state index contributed by atoms with van der Waals surface area (Å²) in [4.78, 5) is 0. The molecule has 45 heavy (non-hydrogen) atoms. The first-order chi connectivity index (χ1) is 21.3. The average molecular weight is 663 g/mol. The van der Waals surface area contributed by atoms with Crippen LogP contribution in [0.1, 0.15) is 214 Å². The van der Waals surface area contributed by atoms with E-state index in [-0.39, 0.29) is 14.9 Å². The lowest BCUT2D eigenvalue weighted by Crippen LogP contribution is -2.20. The second-order valence-electron chi connectivity index (χ2n) is 16.2. The van der Waals surface area contributed by atoms with Gasteiger partial charge in [0.1, 0.15) is 5.75 Å². The summed E-state index contributed by atoms with van der Waals surface area (Å²) in [6, 6.07) is 4.62. The molecule has 0 aliphatic carbocycles. The highest BCUT2D eigenvalue weighted by Crippen LogP contribution is 2.44. The molecule has 0 radical (unpaired) electrons. The minimum Gasteiger partial charge on any atom is -0.507 e. The highest BCUT2D eigenvalue weighted by atomic mass is 32.2. The van der Waals surface area contributed by atoms with Crippen LogP contribution in [0.15, 0.2) is 12.1 Å². The maximum atomic E-state index is 11.2. The van der Waals surface area contributed by atoms with Crippen molar-refractivity contribution in [1.82, 2.24) is 0 Å². The molecule has 0 fully saturated rings. The van der Waals surface area contributed by atoms with Gasteiger partial charge in [-0.3, -0.25) is 0 Å². The molecular formula is C42H78OS2. The molecule has 0 spiro atoms. The maximum Gasteiger partial charge on any atom is 0.123 e. The molecule has 0 bridgehead atoms. The Morgan fingerprint density at radius 3 is 1.11 bits per heavy atom. The number of hydrogen-bond acceptors (Lipinski definition) is 3. The first-order valence-electron chi connectivity index (χ1n) is 19.5. The molecule has 0 aromatic heterocycles. The zero-order chi connectivity index (χ0) is 33.6. The predicted molar refractivity (Wildman–Crippen MR) is 211 cm³/mol. The number of unbranched alkanes of at least 4 members (excludes halogenated alkanes) is 18. The molecule has 264 valence electrons. The van der Waals surface area contributed by atoms with E-state index >= 15 is 0 Å². The lowest BCUT2D eigenvalue weighted by atomic mass is 9.78. The number of phenolic OH excluding ortho intramolecular Hbond substituents is 1. The number of phenols is 1. The maximum absolute atomic E-state index is 11.2. The van der Waals surface area contributed by atoms with Crippen LogP contribution in [0.25, 0.3) is 0 Å². The molecule has 1 N–H and O–H groups in total. The van der Waals surface area contributed by atoms with Crippen molar-refractivity contribution in [3.63, 3.8) is 0 Å². The number of aromatic hydroxyl groups is 1. The van der Waals surface area contributed by atoms with Crippen molar-refractivity contribution >= 4 is 23.5 Å². The van der Waals surface area contributed by atoms with Crippen LogP contribution in [0.3, 0.4) is 0 Å². The van der Waals surface area contributed by atoms with Crippen LogP contribution in [0.4, 0.5) is 0 Å². The Labute approximate surface area is 292 Å². The van der Waals surface area contributed by atoms with E-state index in [2.05, 4.69) is 98.0 Å². The Bertz CT molecular complexity index is 801. The Balaban J connectivity index is 2.69. The average Bonchev–Trinajstić information content (AvgIpc) is 2.97. The van der Waals surface area contributed by atoms with Gasteiger partial charge in [-0.2, -0.15) is 0 Å². The third-order valence-electron chi connectivity index (χ3n) is 9.46. The van der Waals surface area contributed by atoms with E-state index in [0.29, 0.717) is 5.75 Å². The van der Waals surface area contributed by atoms with Crippen LogP contribution < -0.4 is 0 Å². The molecule has 1 aromatic rings. The monoisotopic (exact) mass is 663 g/mol. The van der Waals surface area contributed by atoms with Gasteiger partial charge in [0.15, 0.2) is 0 Å². The third kappa shape index (κ3) is 20.0. The van der Waals surface area contributed by atoms with Crippen molar-refractivity contribution < 1.29 is 5.11 Å². The molecule has 3 heteroatoms. The fourth-order valence-corrected chi connectivity index (χ4v) is 9.18. The molecule has 0 aliphatic heterocycles. The fraction of sp³-hybridized carbons (Fsp3) is 0.857. The summed E-state index contributed by atoms with van der Waals surface area (Å²) in [5, 5.41) is 11.2. The number of rotatable bonds is 27. The van der Waals surface area contributed by atoms with Gasteiger partial charge in [0.25, 0.3) is 0 Å². The molecule has 1 aromatic carbocycles. The van der Waals surface area contributed by atoms with Crippen LogP contribution in [0.5, 0.6) is 5.75 Å². The van der Waals surface area contributed by atoms with E-state index in [1.165, 1.54) is 152 Å². The van der Waals surface area contributed by atoms with Gasteiger partial charge in [0.05, 0.1) is 4.08 Å². The molecule has 0 amide bonds. The normalized spacial score (nSPS) is 12.7. The Morgan fingerprint density at radius 1 is 0.489 bits per heavy atom. The van der Waals surface area contributed by atoms with Crippen LogP contribution in [-0.2, 0) is 17.3 Å². The predicted octanol–water partition coefficient (Wildman–Crippen LogP) is 14.9. The Kier molecular flexibility index (Phi) is 22.7. The van der Waals surface area contributed by atoms with Gasteiger partial charge in [0, 0.05) is 0 Å². The van der Waals surface area contributed by atoms with E-state index in [1.54, 1.807) is 0 Å². The molecule has 1 rings (SSSR count). The third-order valence-corrected chi connectivity index (χ3v) is 12.8. The number of thioether (sulfide) groups is 2. The van der Waals surface area contributed by atoms with Crippen molar-refractivity contribution in [2.24, 2.45) is 0 Å². The van der Waals surface area contributed by atoms with Crippen LogP contribution >= 0.6 is 23.5 Å². The minimum absolute atomic E-state index is 0.0715. The summed E-state index contributed by atoms with van der Waals surface area (Å²) in [7, 11) is 0. The summed E-state index contributed by atoms with van der Waals surface area (Å²) in [5.74, 6) is 3.08. The quantitative estimate of drug-likeness (QED) is 0.0748. The van der Waals surface area contributed by atoms with Gasteiger partial charge in [0.2, 0.25) is 0 Å². The van der Waals surface area contributed by atoms with Crippen molar-refractivity contribution in [3.05, 3.63) is 28.8 Å². The van der Waals surface area contributed by atoms with Crippen LogP contribution in [-0.4, -0.2) is 20.7 Å². The van der Waals surface area contributed by atoms with Gasteiger partial charge >= 0.3 is 0 Å². The smallest absolute Gasteiger partial charge is 0.123 e. The van der Waals surface area contributed by atoms with Crippen LogP contribution in [0.2, 0.25) is 0 Å². The number of benzene rings is 1. The molecule has 0 saturated carbocycles. The second kappa shape index (κ2) is 23.9. The molecule has 0 aliphatic rings. The fourth-order valence-electron chi connectivity index (χ4n) is 6.29. The Morgan fingerprint density at radius 2 is 0.800 bits per heavy atom. The molecule has 0 saturated heterocycles. The first-order valence-corrected chi connectivity index (χ1v) is 21.5.